The molecule has 11 heteroatoms. The van der Waals surface area contributed by atoms with Gasteiger partial charge in [-0.3, -0.25) is 0 Å². The van der Waals surface area contributed by atoms with Crippen LogP contribution in [0.5, 0.6) is 0 Å². The van der Waals surface area contributed by atoms with E-state index in [1.165, 1.54) is 17.0 Å². The smallest absolute Gasteiger partial charge is 0.356 e. The van der Waals surface area contributed by atoms with Gasteiger partial charge in [-0.05, 0) is 49.9 Å². The molecule has 0 radical (unpaired) electrons. The molecule has 2 N–H and O–H groups in total. The van der Waals surface area contributed by atoms with Crippen LogP contribution in [0, 0.1) is 24.2 Å². The Balaban J connectivity index is 1.60. The summed E-state index contributed by atoms with van der Waals surface area (Å²) in [5, 5.41) is 22.4. The van der Waals surface area contributed by atoms with Crippen molar-refractivity contribution in [3.8, 4) is 6.07 Å². The minimum Gasteiger partial charge on any atom is -0.476 e. The predicted molar refractivity (Wildman–Crippen MR) is 126 cm³/mol. The highest BCUT2D eigenvalue weighted by molar-refractivity contribution is 6.29. The van der Waals surface area contributed by atoms with Crippen LogP contribution in [0.2, 0.25) is 5.15 Å². The van der Waals surface area contributed by atoms with Gasteiger partial charge in [0.15, 0.2) is 17.2 Å². The number of aromatic nitrogens is 3. The Bertz CT molecular complexity index is 1410. The van der Waals surface area contributed by atoms with Crippen LogP contribution < -0.4 is 10.2 Å². The number of hydrogen-bond acceptors (Lipinski definition) is 7. The number of alkyl halides is 2. The number of carboxylic acid groups (broad SMARTS) is 1. The normalized spacial score (nSPS) is 21.2. The molecule has 0 spiro atoms. The Hall–Kier alpha value is -3.58. The summed E-state index contributed by atoms with van der Waals surface area (Å²) in [6, 6.07) is 7.23. The molecule has 1 aromatic carbocycles. The predicted octanol–water partition coefficient (Wildman–Crippen LogP) is 4.96. The van der Waals surface area contributed by atoms with Gasteiger partial charge in [0, 0.05) is 18.5 Å². The zero-order valence-corrected chi connectivity index (χ0v) is 19.6. The van der Waals surface area contributed by atoms with Gasteiger partial charge in [-0.25, -0.2) is 28.5 Å². The number of piperidine rings is 1. The standard InChI is InChI=1S/C24H21ClF2N6O2/c1-11-5-14(12(2)29-15-3-4-19(25)31-21(15)23(34)35)20-16(6-11)30-17(9-28)22(32-20)33-10-13-7-18(33)24(26,27)8-13/h3-6,12-13,18,29H,7-8,10H2,1-2H3,(H,34,35)/t12-,13+,18-/m1/s1. The lowest BCUT2D eigenvalue weighted by Gasteiger charge is -2.34. The van der Waals surface area contributed by atoms with E-state index in [0.29, 0.717) is 29.6 Å². The van der Waals surface area contributed by atoms with Gasteiger partial charge in [0.2, 0.25) is 0 Å². The van der Waals surface area contributed by atoms with Crippen LogP contribution in [0.25, 0.3) is 11.0 Å². The molecule has 35 heavy (non-hydrogen) atoms. The molecule has 0 unspecified atom stereocenters. The van der Waals surface area contributed by atoms with Gasteiger partial charge in [0.25, 0.3) is 5.92 Å². The summed E-state index contributed by atoms with van der Waals surface area (Å²) >= 11 is 5.86. The van der Waals surface area contributed by atoms with Gasteiger partial charge in [-0.1, -0.05) is 17.7 Å². The molecular weight excluding hydrogens is 478 g/mol. The molecule has 5 rings (SSSR count). The molecule has 2 bridgehead atoms. The minimum atomic E-state index is -2.84. The lowest BCUT2D eigenvalue weighted by atomic mass is 10.0. The molecule has 0 amide bonds. The molecule has 2 aliphatic rings. The van der Waals surface area contributed by atoms with Crippen molar-refractivity contribution < 1.29 is 18.7 Å². The summed E-state index contributed by atoms with van der Waals surface area (Å²) in [7, 11) is 0. The fourth-order valence-corrected chi connectivity index (χ4v) is 5.33. The topological polar surface area (TPSA) is 115 Å². The summed E-state index contributed by atoms with van der Waals surface area (Å²) in [6.45, 7) is 4.09. The molecule has 2 aromatic heterocycles. The van der Waals surface area contributed by atoms with E-state index in [2.05, 4.69) is 15.3 Å². The largest absolute Gasteiger partial charge is 0.476 e. The van der Waals surface area contributed by atoms with Gasteiger partial charge in [-0.2, -0.15) is 5.26 Å². The highest BCUT2D eigenvalue weighted by atomic mass is 35.5. The highest BCUT2D eigenvalue weighted by Crippen LogP contribution is 2.49. The Morgan fingerprint density at radius 1 is 1.34 bits per heavy atom. The number of aryl methyl sites for hydroxylation is 1. The fourth-order valence-electron chi connectivity index (χ4n) is 5.18. The molecule has 3 aromatic rings. The van der Waals surface area contributed by atoms with E-state index in [1.54, 1.807) is 6.07 Å². The van der Waals surface area contributed by atoms with Gasteiger partial charge < -0.3 is 15.3 Å². The van der Waals surface area contributed by atoms with Crippen molar-refractivity contribution >= 4 is 40.1 Å². The van der Waals surface area contributed by atoms with Crippen molar-refractivity contribution in [2.75, 3.05) is 16.8 Å². The first-order valence-electron chi connectivity index (χ1n) is 11.1. The number of nitrogens with zero attached hydrogens (tertiary/aromatic N) is 5. The van der Waals surface area contributed by atoms with Gasteiger partial charge in [-0.15, -0.1) is 0 Å². The molecule has 8 nitrogen and oxygen atoms in total. The molecule has 1 saturated carbocycles. The zero-order chi connectivity index (χ0) is 25.1. The third-order valence-electron chi connectivity index (χ3n) is 6.64. The molecule has 2 fully saturated rings. The maximum Gasteiger partial charge on any atom is 0.356 e. The lowest BCUT2D eigenvalue weighted by Crippen LogP contribution is -2.46. The zero-order valence-electron chi connectivity index (χ0n) is 18.9. The number of aromatic carboxylic acids is 1. The number of nitriles is 1. The number of carbonyl (C=O) groups is 1. The first-order chi connectivity index (χ1) is 16.6. The number of carboxylic acids is 1. The second kappa shape index (κ2) is 8.27. The number of pyridine rings is 1. The quantitative estimate of drug-likeness (QED) is 0.474. The highest BCUT2D eigenvalue weighted by Gasteiger charge is 2.57. The van der Waals surface area contributed by atoms with Crippen molar-refractivity contribution in [1.82, 2.24) is 15.0 Å². The average molecular weight is 499 g/mol. The van der Waals surface area contributed by atoms with Crippen LogP contribution in [-0.4, -0.2) is 44.5 Å². The van der Waals surface area contributed by atoms with Gasteiger partial charge in [0.05, 0.1) is 28.8 Å². The van der Waals surface area contributed by atoms with Crippen molar-refractivity contribution in [1.29, 1.82) is 5.26 Å². The summed E-state index contributed by atoms with van der Waals surface area (Å²) in [4.78, 5) is 26.2. The van der Waals surface area contributed by atoms with Crippen molar-refractivity contribution in [2.45, 2.75) is 44.7 Å². The van der Waals surface area contributed by atoms with Crippen molar-refractivity contribution in [3.63, 3.8) is 0 Å². The molecule has 180 valence electrons. The van der Waals surface area contributed by atoms with Crippen LogP contribution in [0.4, 0.5) is 20.3 Å². The number of rotatable bonds is 5. The molecule has 1 aliphatic carbocycles. The van der Waals surface area contributed by atoms with Gasteiger partial charge in [0.1, 0.15) is 11.2 Å². The third-order valence-corrected chi connectivity index (χ3v) is 6.85. The maximum absolute atomic E-state index is 14.5. The number of nitrogens with one attached hydrogen (secondary N) is 1. The summed E-state index contributed by atoms with van der Waals surface area (Å²) in [5.74, 6) is -4.07. The molecule has 3 heterocycles. The van der Waals surface area contributed by atoms with E-state index >= 15 is 0 Å². The maximum atomic E-state index is 14.5. The van der Waals surface area contributed by atoms with Crippen LogP contribution >= 0.6 is 11.6 Å². The molecule has 1 aliphatic heterocycles. The van der Waals surface area contributed by atoms with E-state index in [0.717, 1.165) is 5.56 Å². The molecule has 3 atom stereocenters. The monoisotopic (exact) mass is 498 g/mol. The van der Waals surface area contributed by atoms with Crippen molar-refractivity contribution in [3.05, 3.63) is 51.9 Å². The van der Waals surface area contributed by atoms with E-state index < -0.39 is 24.0 Å². The van der Waals surface area contributed by atoms with Crippen LogP contribution in [0.1, 0.15) is 53.1 Å². The third kappa shape index (κ3) is 4.00. The average Bonchev–Trinajstić information content (AvgIpc) is 3.35. The van der Waals surface area contributed by atoms with E-state index in [-0.39, 0.29) is 40.4 Å². The Morgan fingerprint density at radius 3 is 2.77 bits per heavy atom. The summed E-state index contributed by atoms with van der Waals surface area (Å²) < 4.78 is 29.0. The number of halogens is 3. The second-order valence-corrected chi connectivity index (χ2v) is 9.55. The van der Waals surface area contributed by atoms with Crippen LogP contribution in [0.15, 0.2) is 24.3 Å². The minimum absolute atomic E-state index is 0.00748. The number of hydrogen-bond donors (Lipinski definition) is 2. The number of benzene rings is 1. The Kier molecular flexibility index (Phi) is 5.48. The first-order valence-corrected chi connectivity index (χ1v) is 11.5. The summed E-state index contributed by atoms with van der Waals surface area (Å²) in [6.07, 6.45) is 0.210. The Labute approximate surface area is 204 Å². The van der Waals surface area contributed by atoms with Crippen LogP contribution in [0.3, 0.4) is 0 Å². The molecule has 1 saturated heterocycles. The lowest BCUT2D eigenvalue weighted by molar-refractivity contribution is -0.0206. The number of anilines is 2. The SMILES string of the molecule is Cc1cc([C@@H](C)Nc2ccc(Cl)nc2C(=O)O)c2nc(N3C[C@H]4C[C@@H]3C(F)(F)C4)c(C#N)nc2c1. The van der Waals surface area contributed by atoms with E-state index in [9.17, 15) is 23.9 Å². The fraction of sp³-hybridized carbons (Fsp3) is 0.375. The summed E-state index contributed by atoms with van der Waals surface area (Å²) in [5.41, 5.74) is 2.49. The second-order valence-electron chi connectivity index (χ2n) is 9.17. The molecular formula is C24H21ClF2N6O2. The van der Waals surface area contributed by atoms with E-state index in [4.69, 9.17) is 16.6 Å². The van der Waals surface area contributed by atoms with Gasteiger partial charge >= 0.3 is 5.97 Å². The first kappa shape index (κ1) is 23.2. The van der Waals surface area contributed by atoms with E-state index in [1.807, 2.05) is 26.0 Å². The Morgan fingerprint density at radius 2 is 2.11 bits per heavy atom. The van der Waals surface area contributed by atoms with Crippen LogP contribution in [-0.2, 0) is 0 Å². The van der Waals surface area contributed by atoms with Crippen molar-refractivity contribution in [2.24, 2.45) is 5.92 Å². The number of fused-ring (bicyclic) bond motifs is 3.